The SMILES string of the molecule is O=NN1CCC(N(N=O)c2ccccc2)CC1. The number of anilines is 1. The van der Waals surface area contributed by atoms with Crippen LogP contribution in [0.1, 0.15) is 12.8 Å². The quantitative estimate of drug-likeness (QED) is 0.592. The predicted octanol–water partition coefficient (Wildman–Crippen LogP) is 2.32. The van der Waals surface area contributed by atoms with Gasteiger partial charge in [0.25, 0.3) is 0 Å². The molecule has 1 saturated heterocycles. The van der Waals surface area contributed by atoms with Gasteiger partial charge in [0.05, 0.1) is 22.3 Å². The van der Waals surface area contributed by atoms with Gasteiger partial charge < -0.3 is 0 Å². The number of hydrogen-bond acceptors (Lipinski definition) is 4. The van der Waals surface area contributed by atoms with E-state index in [2.05, 4.69) is 10.6 Å². The average Bonchev–Trinajstić information content (AvgIpc) is 2.42. The second kappa shape index (κ2) is 5.38. The van der Waals surface area contributed by atoms with Crippen LogP contribution in [-0.2, 0) is 0 Å². The van der Waals surface area contributed by atoms with Crippen molar-refractivity contribution in [2.45, 2.75) is 18.9 Å². The molecule has 0 N–H and O–H groups in total. The zero-order valence-electron chi connectivity index (χ0n) is 9.40. The first-order chi connectivity index (χ1) is 8.35. The van der Waals surface area contributed by atoms with E-state index >= 15 is 0 Å². The van der Waals surface area contributed by atoms with Crippen molar-refractivity contribution in [1.82, 2.24) is 5.01 Å². The summed E-state index contributed by atoms with van der Waals surface area (Å²) < 4.78 is 0. The van der Waals surface area contributed by atoms with E-state index in [0.29, 0.717) is 25.9 Å². The van der Waals surface area contributed by atoms with Crippen LogP contribution in [-0.4, -0.2) is 24.1 Å². The van der Waals surface area contributed by atoms with Crippen LogP contribution in [0, 0.1) is 9.81 Å². The molecule has 0 amide bonds. The van der Waals surface area contributed by atoms with Gasteiger partial charge in [0, 0.05) is 13.1 Å². The third-order valence-corrected chi connectivity index (χ3v) is 3.01. The summed E-state index contributed by atoms with van der Waals surface area (Å²) in [4.78, 5) is 21.3. The fraction of sp³-hybridized carbons (Fsp3) is 0.455. The standard InChI is InChI=1S/C11H14N4O2/c16-12-14-8-6-11(7-9-14)15(13-17)10-4-2-1-3-5-10/h1-5,11H,6-9H2. The van der Waals surface area contributed by atoms with Crippen molar-refractivity contribution in [2.24, 2.45) is 10.6 Å². The van der Waals surface area contributed by atoms with Crippen molar-refractivity contribution in [1.29, 1.82) is 0 Å². The zero-order chi connectivity index (χ0) is 12.1. The summed E-state index contributed by atoms with van der Waals surface area (Å²) in [7, 11) is 0. The minimum Gasteiger partial charge on any atom is -0.261 e. The molecule has 6 nitrogen and oxygen atoms in total. The summed E-state index contributed by atoms with van der Waals surface area (Å²) in [5, 5.41) is 8.95. The van der Waals surface area contributed by atoms with E-state index in [4.69, 9.17) is 0 Å². The van der Waals surface area contributed by atoms with E-state index in [1.165, 1.54) is 10.0 Å². The van der Waals surface area contributed by atoms with Crippen molar-refractivity contribution in [3.05, 3.63) is 40.1 Å². The van der Waals surface area contributed by atoms with Crippen molar-refractivity contribution >= 4 is 5.69 Å². The van der Waals surface area contributed by atoms with Crippen LogP contribution in [0.5, 0.6) is 0 Å². The first-order valence-corrected chi connectivity index (χ1v) is 5.61. The molecular formula is C11H14N4O2. The molecule has 0 unspecified atom stereocenters. The Morgan fingerprint density at radius 3 is 2.29 bits per heavy atom. The van der Waals surface area contributed by atoms with E-state index in [1.54, 1.807) is 0 Å². The maximum absolute atomic E-state index is 10.9. The highest BCUT2D eigenvalue weighted by Gasteiger charge is 2.25. The van der Waals surface area contributed by atoms with Crippen LogP contribution >= 0.6 is 0 Å². The minimum atomic E-state index is 0.0490. The topological polar surface area (TPSA) is 65.3 Å². The first kappa shape index (κ1) is 11.5. The van der Waals surface area contributed by atoms with Gasteiger partial charge in [-0.15, -0.1) is 9.81 Å². The first-order valence-electron chi connectivity index (χ1n) is 5.61. The zero-order valence-corrected chi connectivity index (χ0v) is 9.40. The van der Waals surface area contributed by atoms with Crippen LogP contribution in [0.3, 0.4) is 0 Å². The molecule has 2 rings (SSSR count). The normalized spacial score (nSPS) is 16.6. The average molecular weight is 234 g/mol. The maximum Gasteiger partial charge on any atom is 0.0629 e. The van der Waals surface area contributed by atoms with Crippen LogP contribution in [0.4, 0.5) is 5.69 Å². The summed E-state index contributed by atoms with van der Waals surface area (Å²) in [6, 6.07) is 9.39. The third kappa shape index (κ3) is 2.58. The summed E-state index contributed by atoms with van der Waals surface area (Å²) in [6.07, 6.45) is 1.43. The van der Waals surface area contributed by atoms with Gasteiger partial charge in [0.1, 0.15) is 0 Å². The Bertz CT molecular complexity index is 376. The largest absolute Gasteiger partial charge is 0.261 e. The predicted molar refractivity (Wildman–Crippen MR) is 65.1 cm³/mol. The van der Waals surface area contributed by atoms with E-state index in [0.717, 1.165) is 5.69 Å². The Kier molecular flexibility index (Phi) is 3.64. The highest BCUT2D eigenvalue weighted by Crippen LogP contribution is 2.23. The van der Waals surface area contributed by atoms with Crippen molar-refractivity contribution in [2.75, 3.05) is 18.1 Å². The van der Waals surface area contributed by atoms with Gasteiger partial charge in [-0.2, -0.15) is 0 Å². The lowest BCUT2D eigenvalue weighted by Crippen LogP contribution is -2.40. The second-order valence-electron chi connectivity index (χ2n) is 4.03. The van der Waals surface area contributed by atoms with Crippen molar-refractivity contribution in [3.8, 4) is 0 Å². The smallest absolute Gasteiger partial charge is 0.0629 e. The summed E-state index contributed by atoms with van der Waals surface area (Å²) in [5.74, 6) is 0. The number of benzene rings is 1. The number of piperidine rings is 1. The molecule has 1 aromatic rings. The van der Waals surface area contributed by atoms with Crippen LogP contribution in [0.2, 0.25) is 0 Å². The monoisotopic (exact) mass is 234 g/mol. The Balaban J connectivity index is 2.05. The highest BCUT2D eigenvalue weighted by atomic mass is 16.3. The summed E-state index contributed by atoms with van der Waals surface area (Å²) >= 11 is 0. The molecule has 0 aliphatic carbocycles. The van der Waals surface area contributed by atoms with Crippen LogP contribution in [0.25, 0.3) is 0 Å². The Morgan fingerprint density at radius 1 is 1.12 bits per heavy atom. The van der Waals surface area contributed by atoms with Gasteiger partial charge in [0.2, 0.25) is 0 Å². The van der Waals surface area contributed by atoms with E-state index in [9.17, 15) is 9.81 Å². The van der Waals surface area contributed by atoms with Gasteiger partial charge in [-0.3, -0.25) is 5.01 Å². The fourth-order valence-corrected chi connectivity index (χ4v) is 2.08. The molecule has 1 aliphatic heterocycles. The Morgan fingerprint density at radius 2 is 1.76 bits per heavy atom. The molecule has 90 valence electrons. The molecule has 1 aromatic carbocycles. The van der Waals surface area contributed by atoms with Gasteiger partial charge >= 0.3 is 0 Å². The molecule has 6 heteroatoms. The van der Waals surface area contributed by atoms with Crippen molar-refractivity contribution in [3.63, 3.8) is 0 Å². The molecule has 1 heterocycles. The van der Waals surface area contributed by atoms with Gasteiger partial charge in [-0.1, -0.05) is 18.2 Å². The fourth-order valence-electron chi connectivity index (χ4n) is 2.08. The number of para-hydroxylation sites is 1. The van der Waals surface area contributed by atoms with E-state index in [1.807, 2.05) is 30.3 Å². The molecule has 0 bridgehead atoms. The molecule has 17 heavy (non-hydrogen) atoms. The van der Waals surface area contributed by atoms with Gasteiger partial charge in [-0.25, -0.2) is 5.01 Å². The Labute approximate surface area is 99.1 Å². The summed E-state index contributed by atoms with van der Waals surface area (Å²) in [5.41, 5.74) is 0.792. The van der Waals surface area contributed by atoms with E-state index < -0.39 is 0 Å². The Hall–Kier alpha value is -1.98. The van der Waals surface area contributed by atoms with Gasteiger partial charge in [0.15, 0.2) is 0 Å². The lowest BCUT2D eigenvalue weighted by Gasteiger charge is -2.32. The summed E-state index contributed by atoms with van der Waals surface area (Å²) in [6.45, 7) is 1.15. The molecule has 0 saturated carbocycles. The molecule has 1 aliphatic rings. The van der Waals surface area contributed by atoms with Gasteiger partial charge in [-0.05, 0) is 25.0 Å². The lowest BCUT2D eigenvalue weighted by atomic mass is 10.1. The lowest BCUT2D eigenvalue weighted by molar-refractivity contribution is 0.214. The minimum absolute atomic E-state index is 0.0490. The number of nitrogens with zero attached hydrogens (tertiary/aromatic N) is 4. The number of nitroso groups, excluding NO2 is 2. The molecule has 1 fully saturated rings. The number of rotatable bonds is 4. The van der Waals surface area contributed by atoms with E-state index in [-0.39, 0.29) is 6.04 Å². The number of hydrogen-bond donors (Lipinski definition) is 0. The highest BCUT2D eigenvalue weighted by molar-refractivity contribution is 5.46. The van der Waals surface area contributed by atoms with Crippen molar-refractivity contribution < 1.29 is 0 Å². The molecule has 0 radical (unpaired) electrons. The molecule has 0 atom stereocenters. The molecular weight excluding hydrogens is 220 g/mol. The molecule has 0 aromatic heterocycles. The van der Waals surface area contributed by atoms with Crippen LogP contribution < -0.4 is 5.01 Å². The maximum atomic E-state index is 10.9. The molecule has 0 spiro atoms. The second-order valence-corrected chi connectivity index (χ2v) is 4.03. The third-order valence-electron chi connectivity index (χ3n) is 3.01. The van der Waals surface area contributed by atoms with Crippen LogP contribution in [0.15, 0.2) is 40.9 Å².